The van der Waals surface area contributed by atoms with Crippen LogP contribution in [0.5, 0.6) is 5.75 Å². The van der Waals surface area contributed by atoms with E-state index in [9.17, 15) is 0 Å². The molecule has 0 bridgehead atoms. The molecule has 0 N–H and O–H groups in total. The fourth-order valence-electron chi connectivity index (χ4n) is 1.33. The van der Waals surface area contributed by atoms with Crippen molar-refractivity contribution in [2.24, 2.45) is 0 Å². The fourth-order valence-corrected chi connectivity index (χ4v) is 1.51. The maximum absolute atomic E-state index is 5.98. The first kappa shape index (κ1) is 10.9. The van der Waals surface area contributed by atoms with Crippen LogP contribution in [0.4, 0.5) is 0 Å². The molecule has 2 aromatic rings. The van der Waals surface area contributed by atoms with Gasteiger partial charge in [0.2, 0.25) is 0 Å². The quantitative estimate of drug-likeness (QED) is 0.765. The van der Waals surface area contributed by atoms with Crippen LogP contribution in [-0.2, 0) is 0 Å². The number of benzene rings is 1. The molecule has 0 radical (unpaired) electrons. The average molecular weight is 235 g/mol. The van der Waals surface area contributed by atoms with Crippen LogP contribution in [0.3, 0.4) is 0 Å². The largest absolute Gasteiger partial charge is 0.489 e. The van der Waals surface area contributed by atoms with Crippen molar-refractivity contribution in [2.75, 3.05) is 6.61 Å². The van der Waals surface area contributed by atoms with Crippen LogP contribution in [-0.4, -0.2) is 16.6 Å². The van der Waals surface area contributed by atoms with Gasteiger partial charge in [0.15, 0.2) is 16.7 Å². The Morgan fingerprint density at radius 2 is 2.00 bits per heavy atom. The minimum atomic E-state index is 0.343. The topological polar surface area (TPSA) is 35.0 Å². The second-order valence-electron chi connectivity index (χ2n) is 3.15. The van der Waals surface area contributed by atoms with Gasteiger partial charge in [0.1, 0.15) is 0 Å². The molecule has 0 saturated heterocycles. The molecular formula is C12H11ClN2O. The predicted molar refractivity (Wildman–Crippen MR) is 63.6 cm³/mol. The first-order chi connectivity index (χ1) is 7.81. The Bertz CT molecular complexity index is 474. The van der Waals surface area contributed by atoms with Crippen molar-refractivity contribution in [1.29, 1.82) is 0 Å². The molecule has 0 unspecified atom stereocenters. The van der Waals surface area contributed by atoms with Crippen molar-refractivity contribution in [2.45, 2.75) is 6.92 Å². The Morgan fingerprint density at radius 3 is 2.62 bits per heavy atom. The molecule has 0 amide bonds. The lowest BCUT2D eigenvalue weighted by molar-refractivity contribution is 0.337. The summed E-state index contributed by atoms with van der Waals surface area (Å²) in [6.07, 6.45) is 1.60. The smallest absolute Gasteiger partial charge is 0.175 e. The molecule has 1 aromatic carbocycles. The molecule has 2 rings (SSSR count). The zero-order valence-electron chi connectivity index (χ0n) is 8.85. The predicted octanol–water partition coefficient (Wildman–Crippen LogP) is 3.20. The Hall–Kier alpha value is -1.61. The maximum Gasteiger partial charge on any atom is 0.175 e. The van der Waals surface area contributed by atoms with E-state index >= 15 is 0 Å². The second-order valence-corrected chi connectivity index (χ2v) is 3.51. The summed E-state index contributed by atoms with van der Waals surface area (Å²) in [6, 6.07) is 9.68. The molecule has 4 heteroatoms. The monoisotopic (exact) mass is 234 g/mol. The summed E-state index contributed by atoms with van der Waals surface area (Å²) in [4.78, 5) is 8.40. The normalized spacial score (nSPS) is 10.1. The number of rotatable bonds is 3. The van der Waals surface area contributed by atoms with Gasteiger partial charge in [-0.3, -0.25) is 0 Å². The Kier molecular flexibility index (Phi) is 3.37. The molecule has 0 atom stereocenters. The van der Waals surface area contributed by atoms with Crippen LogP contribution in [0.1, 0.15) is 6.92 Å². The van der Waals surface area contributed by atoms with Gasteiger partial charge in [0.05, 0.1) is 12.8 Å². The molecule has 0 spiro atoms. The summed E-state index contributed by atoms with van der Waals surface area (Å²) in [5.41, 5.74) is 0.937. The third-order valence-electron chi connectivity index (χ3n) is 2.04. The second kappa shape index (κ2) is 4.94. The van der Waals surface area contributed by atoms with E-state index in [0.29, 0.717) is 23.3 Å². The number of hydrogen-bond donors (Lipinski definition) is 0. The molecule has 0 aliphatic carbocycles. The summed E-state index contributed by atoms with van der Waals surface area (Å²) in [7, 11) is 0. The van der Waals surface area contributed by atoms with Gasteiger partial charge in [-0.05, 0) is 6.92 Å². The van der Waals surface area contributed by atoms with E-state index in [1.54, 1.807) is 6.20 Å². The molecule has 16 heavy (non-hydrogen) atoms. The van der Waals surface area contributed by atoms with Crippen molar-refractivity contribution in [3.8, 4) is 17.1 Å². The SMILES string of the molecule is CCOc1cnc(-c2ccccc2)nc1Cl. The third-order valence-corrected chi connectivity index (χ3v) is 2.31. The van der Waals surface area contributed by atoms with E-state index in [0.717, 1.165) is 5.56 Å². The summed E-state index contributed by atoms with van der Waals surface area (Å²) >= 11 is 5.98. The highest BCUT2D eigenvalue weighted by Crippen LogP contribution is 2.24. The van der Waals surface area contributed by atoms with Gasteiger partial charge < -0.3 is 4.74 Å². The summed E-state index contributed by atoms with van der Waals surface area (Å²) in [6.45, 7) is 2.44. The minimum absolute atomic E-state index is 0.343. The Balaban J connectivity index is 2.35. The standard InChI is InChI=1S/C12H11ClN2O/c1-2-16-10-8-14-12(15-11(10)13)9-6-4-3-5-7-9/h3-8H,2H2,1H3. The number of hydrogen-bond acceptors (Lipinski definition) is 3. The van der Waals surface area contributed by atoms with Gasteiger partial charge >= 0.3 is 0 Å². The van der Waals surface area contributed by atoms with Crippen molar-refractivity contribution < 1.29 is 4.74 Å². The lowest BCUT2D eigenvalue weighted by Gasteiger charge is -2.05. The van der Waals surface area contributed by atoms with Gasteiger partial charge in [0, 0.05) is 5.56 Å². The highest BCUT2D eigenvalue weighted by atomic mass is 35.5. The third kappa shape index (κ3) is 2.31. The van der Waals surface area contributed by atoms with Gasteiger partial charge in [-0.2, -0.15) is 0 Å². The molecule has 0 fully saturated rings. The number of nitrogens with zero attached hydrogens (tertiary/aromatic N) is 2. The first-order valence-corrected chi connectivity index (χ1v) is 5.40. The molecular weight excluding hydrogens is 224 g/mol. The highest BCUT2D eigenvalue weighted by molar-refractivity contribution is 6.30. The Labute approximate surface area is 99.1 Å². The van der Waals surface area contributed by atoms with Crippen molar-refractivity contribution in [3.63, 3.8) is 0 Å². The van der Waals surface area contributed by atoms with E-state index in [1.807, 2.05) is 37.3 Å². The number of aromatic nitrogens is 2. The van der Waals surface area contributed by atoms with E-state index in [4.69, 9.17) is 16.3 Å². The van der Waals surface area contributed by atoms with Crippen LogP contribution in [0.25, 0.3) is 11.4 Å². The average Bonchev–Trinajstić information content (AvgIpc) is 2.33. The van der Waals surface area contributed by atoms with Crippen LogP contribution in [0, 0.1) is 0 Å². The first-order valence-electron chi connectivity index (χ1n) is 5.02. The molecule has 0 aliphatic rings. The molecule has 0 aliphatic heterocycles. The molecule has 3 nitrogen and oxygen atoms in total. The van der Waals surface area contributed by atoms with Crippen molar-refractivity contribution in [3.05, 3.63) is 41.7 Å². The van der Waals surface area contributed by atoms with Gasteiger partial charge in [0.25, 0.3) is 0 Å². The van der Waals surface area contributed by atoms with Gasteiger partial charge in [-0.1, -0.05) is 41.9 Å². The van der Waals surface area contributed by atoms with E-state index in [-0.39, 0.29) is 0 Å². The van der Waals surface area contributed by atoms with Crippen LogP contribution in [0.15, 0.2) is 36.5 Å². The highest BCUT2D eigenvalue weighted by Gasteiger charge is 2.06. The molecule has 1 heterocycles. The summed E-state index contributed by atoms with van der Waals surface area (Å²) in [5, 5.41) is 0.343. The molecule has 1 aromatic heterocycles. The molecule has 82 valence electrons. The van der Waals surface area contributed by atoms with Gasteiger partial charge in [-0.25, -0.2) is 9.97 Å². The number of halogens is 1. The lowest BCUT2D eigenvalue weighted by atomic mass is 10.2. The minimum Gasteiger partial charge on any atom is -0.489 e. The van der Waals surface area contributed by atoms with Crippen LogP contribution >= 0.6 is 11.6 Å². The van der Waals surface area contributed by atoms with Gasteiger partial charge in [-0.15, -0.1) is 0 Å². The summed E-state index contributed by atoms with van der Waals surface area (Å²) < 4.78 is 5.27. The Morgan fingerprint density at radius 1 is 1.25 bits per heavy atom. The zero-order valence-corrected chi connectivity index (χ0v) is 9.61. The van der Waals surface area contributed by atoms with Crippen molar-refractivity contribution >= 4 is 11.6 Å². The fraction of sp³-hybridized carbons (Fsp3) is 0.167. The zero-order chi connectivity index (χ0) is 11.4. The van der Waals surface area contributed by atoms with E-state index < -0.39 is 0 Å². The lowest BCUT2D eigenvalue weighted by Crippen LogP contribution is -1.96. The van der Waals surface area contributed by atoms with Crippen LogP contribution < -0.4 is 4.74 Å². The maximum atomic E-state index is 5.98. The summed E-state index contributed by atoms with van der Waals surface area (Å²) in [5.74, 6) is 1.12. The molecule has 0 saturated carbocycles. The van der Waals surface area contributed by atoms with Crippen LogP contribution in [0.2, 0.25) is 5.15 Å². The number of ether oxygens (including phenoxy) is 1. The van der Waals surface area contributed by atoms with E-state index in [1.165, 1.54) is 0 Å². The van der Waals surface area contributed by atoms with Crippen molar-refractivity contribution in [1.82, 2.24) is 9.97 Å². The van der Waals surface area contributed by atoms with E-state index in [2.05, 4.69) is 9.97 Å².